The van der Waals surface area contributed by atoms with Gasteiger partial charge in [-0.05, 0) is 40.2 Å². The predicted octanol–water partition coefficient (Wildman–Crippen LogP) is 3.10. The van der Waals surface area contributed by atoms with Crippen molar-refractivity contribution < 1.29 is 4.79 Å². The van der Waals surface area contributed by atoms with E-state index in [0.717, 1.165) is 19.5 Å². The molecule has 3 heteroatoms. The molecule has 0 atom stereocenters. The van der Waals surface area contributed by atoms with Gasteiger partial charge in [0.1, 0.15) is 0 Å². The standard InChI is InChI=1S/C15H32N2O/c1-14(2,3)13(18)16-11-9-7-8-10-12-17-15(4,5)6/h17H,7-12H2,1-6H3,(H,16,18). The summed E-state index contributed by atoms with van der Waals surface area (Å²) in [6.07, 6.45) is 4.71. The van der Waals surface area contributed by atoms with Crippen molar-refractivity contribution in [2.45, 2.75) is 72.8 Å². The average Bonchev–Trinajstić information content (AvgIpc) is 2.18. The van der Waals surface area contributed by atoms with Gasteiger partial charge in [-0.1, -0.05) is 33.6 Å². The Bertz CT molecular complexity index is 236. The summed E-state index contributed by atoms with van der Waals surface area (Å²) in [7, 11) is 0. The summed E-state index contributed by atoms with van der Waals surface area (Å²) in [6.45, 7) is 14.3. The van der Waals surface area contributed by atoms with Crippen LogP contribution in [0, 0.1) is 5.41 Å². The van der Waals surface area contributed by atoms with Crippen LogP contribution >= 0.6 is 0 Å². The van der Waals surface area contributed by atoms with Gasteiger partial charge < -0.3 is 10.6 Å². The van der Waals surface area contributed by atoms with E-state index < -0.39 is 0 Å². The molecular formula is C15H32N2O. The minimum atomic E-state index is -0.267. The Kier molecular flexibility index (Phi) is 7.53. The van der Waals surface area contributed by atoms with E-state index in [1.54, 1.807) is 0 Å². The van der Waals surface area contributed by atoms with Crippen LogP contribution in [-0.2, 0) is 4.79 Å². The van der Waals surface area contributed by atoms with Crippen LogP contribution in [0.25, 0.3) is 0 Å². The van der Waals surface area contributed by atoms with Crippen LogP contribution in [0.4, 0.5) is 0 Å². The lowest BCUT2D eigenvalue weighted by Crippen LogP contribution is -2.36. The summed E-state index contributed by atoms with van der Waals surface area (Å²) in [5.74, 6) is 0.150. The van der Waals surface area contributed by atoms with Crippen molar-refractivity contribution >= 4 is 5.91 Å². The molecule has 0 aromatic heterocycles. The van der Waals surface area contributed by atoms with Crippen molar-refractivity contribution in [3.63, 3.8) is 0 Å². The summed E-state index contributed by atoms with van der Waals surface area (Å²) in [5, 5.41) is 6.46. The van der Waals surface area contributed by atoms with Crippen molar-refractivity contribution in [2.75, 3.05) is 13.1 Å². The lowest BCUT2D eigenvalue weighted by Gasteiger charge is -2.20. The van der Waals surface area contributed by atoms with E-state index in [0.29, 0.717) is 0 Å². The molecule has 0 saturated heterocycles. The van der Waals surface area contributed by atoms with E-state index in [1.165, 1.54) is 19.3 Å². The van der Waals surface area contributed by atoms with Gasteiger partial charge in [0.2, 0.25) is 5.91 Å². The molecule has 0 spiro atoms. The van der Waals surface area contributed by atoms with Gasteiger partial charge in [0.05, 0.1) is 0 Å². The summed E-state index contributed by atoms with van der Waals surface area (Å²) in [5.41, 5.74) is -0.0443. The molecule has 0 fully saturated rings. The normalized spacial score (nSPS) is 12.6. The minimum absolute atomic E-state index is 0.150. The van der Waals surface area contributed by atoms with Crippen molar-refractivity contribution in [3.05, 3.63) is 0 Å². The van der Waals surface area contributed by atoms with E-state index in [9.17, 15) is 4.79 Å². The highest BCUT2D eigenvalue weighted by Crippen LogP contribution is 2.12. The molecule has 0 bridgehead atoms. The Morgan fingerprint density at radius 2 is 1.33 bits per heavy atom. The van der Waals surface area contributed by atoms with Gasteiger partial charge in [-0.15, -0.1) is 0 Å². The first-order valence-corrected chi connectivity index (χ1v) is 7.16. The Morgan fingerprint density at radius 3 is 1.78 bits per heavy atom. The number of rotatable bonds is 7. The third-order valence-corrected chi connectivity index (χ3v) is 2.73. The summed E-state index contributed by atoms with van der Waals surface area (Å²) in [6, 6.07) is 0. The fraction of sp³-hybridized carbons (Fsp3) is 0.933. The second-order valence-electron chi connectivity index (χ2n) is 7.10. The number of amides is 1. The molecule has 0 saturated carbocycles. The molecule has 1 amide bonds. The number of nitrogens with one attached hydrogen (secondary N) is 2. The van der Waals surface area contributed by atoms with Gasteiger partial charge in [0.25, 0.3) is 0 Å². The van der Waals surface area contributed by atoms with Crippen LogP contribution in [-0.4, -0.2) is 24.5 Å². The largest absolute Gasteiger partial charge is 0.356 e. The van der Waals surface area contributed by atoms with Crippen LogP contribution < -0.4 is 10.6 Å². The lowest BCUT2D eigenvalue weighted by atomic mass is 9.96. The molecule has 0 aliphatic heterocycles. The van der Waals surface area contributed by atoms with Gasteiger partial charge in [0, 0.05) is 17.5 Å². The quantitative estimate of drug-likeness (QED) is 0.687. The van der Waals surface area contributed by atoms with Crippen LogP contribution in [0.5, 0.6) is 0 Å². The Balaban J connectivity index is 3.35. The monoisotopic (exact) mass is 256 g/mol. The highest BCUT2D eigenvalue weighted by Gasteiger charge is 2.19. The zero-order valence-corrected chi connectivity index (χ0v) is 13.2. The molecule has 18 heavy (non-hydrogen) atoms. The van der Waals surface area contributed by atoms with Crippen LogP contribution in [0.3, 0.4) is 0 Å². The zero-order valence-electron chi connectivity index (χ0n) is 13.2. The first-order valence-electron chi connectivity index (χ1n) is 7.16. The first kappa shape index (κ1) is 17.4. The minimum Gasteiger partial charge on any atom is -0.356 e. The lowest BCUT2D eigenvalue weighted by molar-refractivity contribution is -0.128. The van der Waals surface area contributed by atoms with Crippen molar-refractivity contribution in [3.8, 4) is 0 Å². The molecule has 0 aliphatic carbocycles. The molecule has 0 heterocycles. The predicted molar refractivity (Wildman–Crippen MR) is 78.7 cm³/mol. The molecule has 0 unspecified atom stereocenters. The second kappa shape index (κ2) is 7.78. The van der Waals surface area contributed by atoms with Gasteiger partial charge >= 0.3 is 0 Å². The zero-order chi connectivity index (χ0) is 14.2. The Hall–Kier alpha value is -0.570. The first-order chi connectivity index (χ1) is 8.13. The van der Waals surface area contributed by atoms with E-state index in [1.807, 2.05) is 20.8 Å². The van der Waals surface area contributed by atoms with E-state index in [4.69, 9.17) is 0 Å². The molecule has 3 nitrogen and oxygen atoms in total. The van der Waals surface area contributed by atoms with Gasteiger partial charge in [-0.25, -0.2) is 0 Å². The topological polar surface area (TPSA) is 41.1 Å². The maximum absolute atomic E-state index is 11.6. The van der Waals surface area contributed by atoms with E-state index in [-0.39, 0.29) is 16.9 Å². The van der Waals surface area contributed by atoms with Crippen LogP contribution in [0.1, 0.15) is 67.2 Å². The van der Waals surface area contributed by atoms with Gasteiger partial charge in [0.15, 0.2) is 0 Å². The van der Waals surface area contributed by atoms with E-state index in [2.05, 4.69) is 31.4 Å². The number of hydrogen-bond acceptors (Lipinski definition) is 2. The number of carbonyl (C=O) groups is 1. The average molecular weight is 256 g/mol. The molecule has 2 N–H and O–H groups in total. The molecule has 0 aliphatic rings. The third kappa shape index (κ3) is 10.6. The molecule has 0 aromatic carbocycles. The van der Waals surface area contributed by atoms with Crippen molar-refractivity contribution in [1.82, 2.24) is 10.6 Å². The second-order valence-corrected chi connectivity index (χ2v) is 7.10. The Labute approximate surface area is 113 Å². The van der Waals surface area contributed by atoms with Gasteiger partial charge in [-0.3, -0.25) is 4.79 Å². The Morgan fingerprint density at radius 1 is 0.833 bits per heavy atom. The molecular weight excluding hydrogens is 224 g/mol. The maximum atomic E-state index is 11.6. The van der Waals surface area contributed by atoms with Crippen LogP contribution in [0.15, 0.2) is 0 Å². The fourth-order valence-corrected chi connectivity index (χ4v) is 1.53. The van der Waals surface area contributed by atoms with Gasteiger partial charge in [-0.2, -0.15) is 0 Å². The molecule has 0 radical (unpaired) electrons. The molecule has 0 rings (SSSR count). The maximum Gasteiger partial charge on any atom is 0.225 e. The van der Waals surface area contributed by atoms with Crippen molar-refractivity contribution in [1.29, 1.82) is 0 Å². The summed E-state index contributed by atoms with van der Waals surface area (Å²) < 4.78 is 0. The summed E-state index contributed by atoms with van der Waals surface area (Å²) >= 11 is 0. The SMILES string of the molecule is CC(C)(C)NCCCCCCNC(=O)C(C)(C)C. The highest BCUT2D eigenvalue weighted by atomic mass is 16.2. The molecule has 0 aromatic rings. The number of hydrogen-bond donors (Lipinski definition) is 2. The summed E-state index contributed by atoms with van der Waals surface area (Å²) in [4.78, 5) is 11.6. The third-order valence-electron chi connectivity index (χ3n) is 2.73. The number of unbranched alkanes of at least 4 members (excludes halogenated alkanes) is 3. The fourth-order valence-electron chi connectivity index (χ4n) is 1.53. The highest BCUT2D eigenvalue weighted by molar-refractivity contribution is 5.81. The van der Waals surface area contributed by atoms with Crippen molar-refractivity contribution in [2.24, 2.45) is 5.41 Å². The molecule has 108 valence electrons. The van der Waals surface area contributed by atoms with E-state index >= 15 is 0 Å². The number of carbonyl (C=O) groups excluding carboxylic acids is 1. The van der Waals surface area contributed by atoms with Crippen LogP contribution in [0.2, 0.25) is 0 Å². The smallest absolute Gasteiger partial charge is 0.225 e.